The zero-order valence-corrected chi connectivity index (χ0v) is 5.11. The largest absolute Gasteiger partial charge is 0.307 e. The molecule has 1 aliphatic rings. The number of carbonyl (C=O) groups is 1. The van der Waals surface area contributed by atoms with Gasteiger partial charge in [0.2, 0.25) is 0 Å². The van der Waals surface area contributed by atoms with Gasteiger partial charge in [0.15, 0.2) is 0 Å². The van der Waals surface area contributed by atoms with Crippen LogP contribution in [-0.2, 0) is 4.79 Å². The van der Waals surface area contributed by atoms with Crippen molar-refractivity contribution in [1.82, 2.24) is 5.32 Å². The molecule has 8 heavy (non-hydrogen) atoms. The summed E-state index contributed by atoms with van der Waals surface area (Å²) in [5.74, 6) is 0.280. The Kier molecular flexibility index (Phi) is 1.63. The summed E-state index contributed by atoms with van der Waals surface area (Å²) in [6.07, 6.45) is 2.19. The molecule has 0 radical (unpaired) electrons. The molecule has 1 aliphatic heterocycles. The fourth-order valence-electron chi connectivity index (χ4n) is 1.03. The predicted octanol–water partition coefficient (Wildman–Crippen LogP) is 0.327. The van der Waals surface area contributed by atoms with Gasteiger partial charge in [0.1, 0.15) is 5.78 Å². The lowest BCUT2D eigenvalue weighted by Gasteiger charge is -2.01. The van der Waals surface area contributed by atoms with Crippen LogP contribution in [0.1, 0.15) is 19.8 Å². The highest BCUT2D eigenvalue weighted by atomic mass is 16.1. The second-order valence-corrected chi connectivity index (χ2v) is 2.26. The van der Waals surface area contributed by atoms with Crippen LogP contribution in [0.15, 0.2) is 0 Å². The van der Waals surface area contributed by atoms with Gasteiger partial charge in [-0.1, -0.05) is 0 Å². The Morgan fingerprint density at radius 2 is 2.50 bits per heavy atom. The van der Waals surface area contributed by atoms with E-state index in [0.29, 0.717) is 0 Å². The van der Waals surface area contributed by atoms with Crippen LogP contribution in [0.5, 0.6) is 0 Å². The van der Waals surface area contributed by atoms with Crippen molar-refractivity contribution >= 4 is 5.78 Å². The van der Waals surface area contributed by atoms with Gasteiger partial charge < -0.3 is 5.32 Å². The van der Waals surface area contributed by atoms with Gasteiger partial charge in [0.05, 0.1) is 6.04 Å². The molecule has 1 rings (SSSR count). The quantitative estimate of drug-likeness (QED) is 0.531. The molecule has 0 bridgehead atoms. The van der Waals surface area contributed by atoms with Gasteiger partial charge in [0.25, 0.3) is 0 Å². The van der Waals surface area contributed by atoms with Gasteiger partial charge in [-0.25, -0.2) is 0 Å². The van der Waals surface area contributed by atoms with Gasteiger partial charge in [-0.2, -0.15) is 0 Å². The van der Waals surface area contributed by atoms with Gasteiger partial charge >= 0.3 is 0 Å². The van der Waals surface area contributed by atoms with Crippen LogP contribution in [0.2, 0.25) is 0 Å². The minimum absolute atomic E-state index is 0.176. The van der Waals surface area contributed by atoms with Crippen molar-refractivity contribution in [2.45, 2.75) is 25.8 Å². The lowest BCUT2D eigenvalue weighted by molar-refractivity contribution is -0.118. The van der Waals surface area contributed by atoms with E-state index < -0.39 is 0 Å². The Balaban J connectivity index is 2.35. The normalized spacial score (nSPS) is 28.4. The van der Waals surface area contributed by atoms with E-state index in [1.807, 2.05) is 0 Å². The first kappa shape index (κ1) is 5.76. The van der Waals surface area contributed by atoms with Gasteiger partial charge in [-0.3, -0.25) is 4.79 Å². The van der Waals surface area contributed by atoms with Gasteiger partial charge in [0, 0.05) is 0 Å². The smallest absolute Gasteiger partial charge is 0.146 e. The first-order valence-corrected chi connectivity index (χ1v) is 3.04. The molecule has 1 fully saturated rings. The van der Waals surface area contributed by atoms with Crippen LogP contribution in [0, 0.1) is 0 Å². The number of hydrogen-bond acceptors (Lipinski definition) is 2. The maximum atomic E-state index is 10.6. The van der Waals surface area contributed by atoms with E-state index in [-0.39, 0.29) is 11.8 Å². The van der Waals surface area contributed by atoms with Crippen molar-refractivity contribution in [3.8, 4) is 0 Å². The Morgan fingerprint density at radius 1 is 1.75 bits per heavy atom. The Hall–Kier alpha value is -0.370. The molecule has 0 amide bonds. The molecule has 0 aromatic carbocycles. The monoisotopic (exact) mass is 113 g/mol. The van der Waals surface area contributed by atoms with E-state index in [0.717, 1.165) is 19.4 Å². The SMILES string of the molecule is CC(=O)[C@@H]1CCCN1. The first-order valence-electron chi connectivity index (χ1n) is 3.04. The summed E-state index contributed by atoms with van der Waals surface area (Å²) < 4.78 is 0. The van der Waals surface area contributed by atoms with E-state index in [2.05, 4.69) is 5.32 Å². The third-order valence-corrected chi connectivity index (χ3v) is 1.55. The molecule has 0 unspecified atom stereocenters. The topological polar surface area (TPSA) is 29.1 Å². The van der Waals surface area contributed by atoms with Crippen molar-refractivity contribution in [1.29, 1.82) is 0 Å². The highest BCUT2D eigenvalue weighted by Gasteiger charge is 2.17. The molecule has 1 N–H and O–H groups in total. The highest BCUT2D eigenvalue weighted by molar-refractivity contribution is 5.81. The molecule has 0 aromatic rings. The number of rotatable bonds is 1. The van der Waals surface area contributed by atoms with Crippen molar-refractivity contribution in [2.24, 2.45) is 0 Å². The Bertz CT molecular complexity index is 94.7. The fraction of sp³-hybridized carbons (Fsp3) is 0.833. The van der Waals surface area contributed by atoms with Crippen molar-refractivity contribution in [2.75, 3.05) is 6.54 Å². The molecule has 46 valence electrons. The number of Topliss-reactive ketones (excluding diaryl/α,β-unsaturated/α-hetero) is 1. The molecular formula is C6H11NO. The molecule has 2 heteroatoms. The summed E-state index contributed by atoms with van der Waals surface area (Å²) in [6, 6.07) is 0.176. The molecule has 2 nitrogen and oxygen atoms in total. The average molecular weight is 113 g/mol. The van der Waals surface area contributed by atoms with Crippen LogP contribution < -0.4 is 5.32 Å². The van der Waals surface area contributed by atoms with E-state index in [4.69, 9.17) is 0 Å². The second-order valence-electron chi connectivity index (χ2n) is 2.26. The third kappa shape index (κ3) is 1.07. The van der Waals surface area contributed by atoms with Crippen molar-refractivity contribution in [3.63, 3.8) is 0 Å². The van der Waals surface area contributed by atoms with Crippen LogP contribution in [0.4, 0.5) is 0 Å². The maximum absolute atomic E-state index is 10.6. The molecule has 1 saturated heterocycles. The van der Waals surface area contributed by atoms with Crippen LogP contribution >= 0.6 is 0 Å². The lowest BCUT2D eigenvalue weighted by atomic mass is 10.2. The molecular weight excluding hydrogens is 102 g/mol. The standard InChI is InChI=1S/C6H11NO/c1-5(8)6-3-2-4-7-6/h6-7H,2-4H2,1H3/t6-/m0/s1. The summed E-state index contributed by atoms with van der Waals surface area (Å²) in [6.45, 7) is 2.66. The molecule has 0 aromatic heterocycles. The second kappa shape index (κ2) is 2.27. The van der Waals surface area contributed by atoms with E-state index in [1.54, 1.807) is 6.92 Å². The summed E-state index contributed by atoms with van der Waals surface area (Å²) in [4.78, 5) is 10.6. The van der Waals surface area contributed by atoms with Gasteiger partial charge in [-0.15, -0.1) is 0 Å². The molecule has 1 heterocycles. The highest BCUT2D eigenvalue weighted by Crippen LogP contribution is 2.04. The maximum Gasteiger partial charge on any atom is 0.146 e. The van der Waals surface area contributed by atoms with Crippen LogP contribution in [0.3, 0.4) is 0 Å². The predicted molar refractivity (Wildman–Crippen MR) is 31.7 cm³/mol. The van der Waals surface area contributed by atoms with Gasteiger partial charge in [-0.05, 0) is 26.3 Å². The fourth-order valence-corrected chi connectivity index (χ4v) is 1.03. The minimum atomic E-state index is 0.176. The Morgan fingerprint density at radius 3 is 2.75 bits per heavy atom. The zero-order valence-electron chi connectivity index (χ0n) is 5.11. The van der Waals surface area contributed by atoms with Crippen molar-refractivity contribution < 1.29 is 4.79 Å². The molecule has 0 saturated carbocycles. The summed E-state index contributed by atoms with van der Waals surface area (Å²) in [5, 5.41) is 3.11. The Labute approximate surface area is 49.3 Å². The summed E-state index contributed by atoms with van der Waals surface area (Å²) in [5.41, 5.74) is 0. The van der Waals surface area contributed by atoms with E-state index in [9.17, 15) is 4.79 Å². The molecule has 1 atom stereocenters. The summed E-state index contributed by atoms with van der Waals surface area (Å²) in [7, 11) is 0. The molecule has 0 aliphatic carbocycles. The lowest BCUT2D eigenvalue weighted by Crippen LogP contribution is -2.28. The minimum Gasteiger partial charge on any atom is -0.307 e. The number of carbonyl (C=O) groups excluding carboxylic acids is 1. The van der Waals surface area contributed by atoms with E-state index >= 15 is 0 Å². The van der Waals surface area contributed by atoms with Crippen LogP contribution in [0.25, 0.3) is 0 Å². The van der Waals surface area contributed by atoms with Crippen molar-refractivity contribution in [3.05, 3.63) is 0 Å². The van der Waals surface area contributed by atoms with Crippen LogP contribution in [-0.4, -0.2) is 18.4 Å². The molecule has 0 spiro atoms. The third-order valence-electron chi connectivity index (χ3n) is 1.55. The summed E-state index contributed by atoms with van der Waals surface area (Å²) >= 11 is 0. The first-order chi connectivity index (χ1) is 3.80. The number of ketones is 1. The average Bonchev–Trinajstić information content (AvgIpc) is 2.12. The number of hydrogen-bond donors (Lipinski definition) is 1. The zero-order chi connectivity index (χ0) is 5.98. The number of nitrogens with one attached hydrogen (secondary N) is 1. The van der Waals surface area contributed by atoms with E-state index in [1.165, 1.54) is 0 Å².